The zero-order valence-electron chi connectivity index (χ0n) is 17.9. The van der Waals surface area contributed by atoms with Gasteiger partial charge in [0.05, 0.1) is 23.2 Å². The molecule has 1 N–H and O–H groups in total. The van der Waals surface area contributed by atoms with Crippen molar-refractivity contribution in [3.63, 3.8) is 0 Å². The lowest BCUT2D eigenvalue weighted by Crippen LogP contribution is -2.34. The lowest BCUT2D eigenvalue weighted by Gasteiger charge is -2.15. The molecule has 1 aliphatic heterocycles. The molecule has 1 aliphatic carbocycles. The molecule has 0 radical (unpaired) electrons. The Morgan fingerprint density at radius 1 is 1.03 bits per heavy atom. The number of sulfone groups is 1. The molecule has 2 fully saturated rings. The molecule has 0 unspecified atom stereocenters. The zero-order chi connectivity index (χ0) is 21.3. The van der Waals surface area contributed by atoms with E-state index in [9.17, 15) is 13.2 Å². The minimum atomic E-state index is -3.06. The van der Waals surface area contributed by atoms with Gasteiger partial charge in [-0.3, -0.25) is 9.48 Å². The highest BCUT2D eigenvalue weighted by atomic mass is 32.2. The van der Waals surface area contributed by atoms with Crippen LogP contribution in [0, 0.1) is 13.8 Å². The number of nitrogens with one attached hydrogen (secondary N) is 1. The van der Waals surface area contributed by atoms with E-state index in [1.54, 1.807) is 4.68 Å². The Bertz CT molecular complexity index is 1030. The smallest absolute Gasteiger partial charge is 0.272 e. The topological polar surface area (TPSA) is 81.1 Å². The van der Waals surface area contributed by atoms with Crippen molar-refractivity contribution in [3.8, 4) is 11.3 Å². The first kappa shape index (κ1) is 21.1. The molecule has 1 aromatic heterocycles. The van der Waals surface area contributed by atoms with E-state index in [1.807, 2.05) is 12.1 Å². The summed E-state index contributed by atoms with van der Waals surface area (Å²) in [4.78, 5) is 13.0. The van der Waals surface area contributed by atoms with Crippen LogP contribution in [-0.2, 0) is 9.84 Å². The maximum atomic E-state index is 13.0. The lowest BCUT2D eigenvalue weighted by molar-refractivity contribution is 0.0927. The fourth-order valence-corrected chi connectivity index (χ4v) is 6.24. The largest absolute Gasteiger partial charge is 0.348 e. The van der Waals surface area contributed by atoms with Crippen molar-refractivity contribution in [2.24, 2.45) is 0 Å². The van der Waals surface area contributed by atoms with Gasteiger partial charge in [0.2, 0.25) is 0 Å². The Morgan fingerprint density at radius 3 is 2.40 bits per heavy atom. The first-order valence-electron chi connectivity index (χ1n) is 11.0. The highest BCUT2D eigenvalue weighted by molar-refractivity contribution is 7.91. The summed E-state index contributed by atoms with van der Waals surface area (Å²) in [5.41, 5.74) is 4.50. The van der Waals surface area contributed by atoms with Crippen LogP contribution in [0.3, 0.4) is 0 Å². The zero-order valence-corrected chi connectivity index (χ0v) is 18.7. The molecule has 1 amide bonds. The Hall–Kier alpha value is -2.15. The standard InChI is InChI=1S/C23H31N3O3S/c1-16-9-10-18(13-17(16)2)22-14-21(23(27)24-19-7-5-3-4-6-8-19)25-26(22)20-11-12-30(28,29)15-20/h9-10,13-14,19-20H,3-8,11-12,15H2,1-2H3,(H,24,27)/t20-/m1/s1. The summed E-state index contributed by atoms with van der Waals surface area (Å²) in [5, 5.41) is 7.78. The van der Waals surface area contributed by atoms with E-state index in [0.29, 0.717) is 12.1 Å². The third-order valence-corrected chi connectivity index (χ3v) is 8.27. The number of aromatic nitrogens is 2. The van der Waals surface area contributed by atoms with Gasteiger partial charge in [0.25, 0.3) is 5.91 Å². The maximum absolute atomic E-state index is 13.0. The van der Waals surface area contributed by atoms with Crippen LogP contribution in [0.25, 0.3) is 11.3 Å². The van der Waals surface area contributed by atoms with E-state index in [4.69, 9.17) is 0 Å². The molecule has 162 valence electrons. The number of aryl methyl sites for hydroxylation is 2. The highest BCUT2D eigenvalue weighted by Gasteiger charge is 2.32. The Balaban J connectivity index is 1.66. The van der Waals surface area contributed by atoms with Gasteiger partial charge in [-0.1, -0.05) is 37.8 Å². The van der Waals surface area contributed by atoms with Gasteiger partial charge < -0.3 is 5.32 Å². The van der Waals surface area contributed by atoms with E-state index in [1.165, 1.54) is 18.4 Å². The van der Waals surface area contributed by atoms with Gasteiger partial charge in [-0.2, -0.15) is 5.10 Å². The van der Waals surface area contributed by atoms with E-state index >= 15 is 0 Å². The van der Waals surface area contributed by atoms with Crippen molar-refractivity contribution in [2.45, 2.75) is 70.9 Å². The van der Waals surface area contributed by atoms with Crippen LogP contribution in [0.2, 0.25) is 0 Å². The van der Waals surface area contributed by atoms with Crippen LogP contribution in [0.1, 0.15) is 72.6 Å². The van der Waals surface area contributed by atoms with Crippen molar-refractivity contribution in [1.29, 1.82) is 0 Å². The van der Waals surface area contributed by atoms with Gasteiger partial charge in [0.15, 0.2) is 15.5 Å². The van der Waals surface area contributed by atoms with Crippen LogP contribution in [0.4, 0.5) is 0 Å². The molecule has 30 heavy (non-hydrogen) atoms. The van der Waals surface area contributed by atoms with Gasteiger partial charge >= 0.3 is 0 Å². The second-order valence-corrected chi connectivity index (χ2v) is 11.1. The van der Waals surface area contributed by atoms with Crippen molar-refractivity contribution >= 4 is 15.7 Å². The molecule has 1 saturated carbocycles. The number of hydrogen-bond acceptors (Lipinski definition) is 4. The summed E-state index contributed by atoms with van der Waals surface area (Å²) >= 11 is 0. The Labute approximate surface area is 179 Å². The van der Waals surface area contributed by atoms with E-state index in [2.05, 4.69) is 36.4 Å². The molecule has 2 aliphatic rings. The number of benzene rings is 1. The second kappa shape index (κ2) is 8.53. The average molecular weight is 430 g/mol. The summed E-state index contributed by atoms with van der Waals surface area (Å²) in [7, 11) is -3.06. The van der Waals surface area contributed by atoms with Crippen LogP contribution >= 0.6 is 0 Å². The predicted molar refractivity (Wildman–Crippen MR) is 118 cm³/mol. The number of amides is 1. The van der Waals surface area contributed by atoms with E-state index in [0.717, 1.165) is 42.5 Å². The number of nitrogens with zero attached hydrogens (tertiary/aromatic N) is 2. The van der Waals surface area contributed by atoms with Crippen LogP contribution in [-0.4, -0.2) is 41.7 Å². The predicted octanol–water partition coefficient (Wildman–Crippen LogP) is 3.98. The molecular formula is C23H31N3O3S. The van der Waals surface area contributed by atoms with Crippen LogP contribution < -0.4 is 5.32 Å². The van der Waals surface area contributed by atoms with Gasteiger partial charge in [-0.05, 0) is 56.4 Å². The summed E-state index contributed by atoms with van der Waals surface area (Å²) < 4.78 is 25.9. The first-order valence-corrected chi connectivity index (χ1v) is 12.8. The monoisotopic (exact) mass is 429 g/mol. The molecule has 4 rings (SSSR count). The summed E-state index contributed by atoms with van der Waals surface area (Å²) in [6, 6.07) is 7.94. The molecular weight excluding hydrogens is 398 g/mol. The summed E-state index contributed by atoms with van der Waals surface area (Å²) in [5.74, 6) is 0.0931. The number of hydrogen-bond donors (Lipinski definition) is 1. The van der Waals surface area contributed by atoms with Gasteiger partial charge in [0, 0.05) is 11.6 Å². The van der Waals surface area contributed by atoms with Crippen LogP contribution in [0.5, 0.6) is 0 Å². The summed E-state index contributed by atoms with van der Waals surface area (Å²) in [6.45, 7) is 4.12. The molecule has 6 nitrogen and oxygen atoms in total. The summed E-state index contributed by atoms with van der Waals surface area (Å²) in [6.07, 6.45) is 7.31. The van der Waals surface area contributed by atoms with E-state index in [-0.39, 0.29) is 29.5 Å². The number of carbonyl (C=O) groups excluding carboxylic acids is 1. The molecule has 0 spiro atoms. The molecule has 0 bridgehead atoms. The fourth-order valence-electron chi connectivity index (χ4n) is 4.55. The second-order valence-electron chi connectivity index (χ2n) is 8.88. The average Bonchev–Trinajstić information content (AvgIpc) is 3.20. The van der Waals surface area contributed by atoms with Gasteiger partial charge in [-0.25, -0.2) is 8.42 Å². The molecule has 1 atom stereocenters. The number of carbonyl (C=O) groups is 1. The minimum Gasteiger partial charge on any atom is -0.348 e. The minimum absolute atomic E-state index is 0.0796. The molecule has 2 aromatic rings. The Morgan fingerprint density at radius 2 is 1.77 bits per heavy atom. The fraction of sp³-hybridized carbons (Fsp3) is 0.565. The normalized spacial score (nSPS) is 22.0. The van der Waals surface area contributed by atoms with E-state index < -0.39 is 9.84 Å². The van der Waals surface area contributed by atoms with Crippen molar-refractivity contribution in [1.82, 2.24) is 15.1 Å². The molecule has 1 saturated heterocycles. The third-order valence-electron chi connectivity index (χ3n) is 6.52. The molecule has 7 heteroatoms. The van der Waals surface area contributed by atoms with Gasteiger partial charge in [0.1, 0.15) is 0 Å². The quantitative estimate of drug-likeness (QED) is 0.746. The third kappa shape index (κ3) is 4.61. The van der Waals surface area contributed by atoms with Crippen LogP contribution in [0.15, 0.2) is 24.3 Å². The van der Waals surface area contributed by atoms with Crippen molar-refractivity contribution < 1.29 is 13.2 Å². The van der Waals surface area contributed by atoms with Gasteiger partial charge in [-0.15, -0.1) is 0 Å². The number of rotatable bonds is 4. The maximum Gasteiger partial charge on any atom is 0.272 e. The highest BCUT2D eigenvalue weighted by Crippen LogP contribution is 2.31. The van der Waals surface area contributed by atoms with Crippen molar-refractivity contribution in [3.05, 3.63) is 41.1 Å². The SMILES string of the molecule is Cc1ccc(-c2cc(C(=O)NC3CCCCCC3)nn2[C@@H]2CCS(=O)(=O)C2)cc1C. The van der Waals surface area contributed by atoms with Crippen molar-refractivity contribution in [2.75, 3.05) is 11.5 Å². The molecule has 1 aromatic carbocycles. The molecule has 2 heterocycles. The Kier molecular flexibility index (Phi) is 6.00. The lowest BCUT2D eigenvalue weighted by atomic mass is 10.0. The first-order chi connectivity index (χ1) is 14.3.